The Morgan fingerprint density at radius 1 is 1.17 bits per heavy atom. The average Bonchev–Trinajstić information content (AvgIpc) is 2.52. The third-order valence-electron chi connectivity index (χ3n) is 3.09. The Morgan fingerprint density at radius 3 is 2.35 bits per heavy atom. The Hall–Kier alpha value is -2.41. The molecule has 0 aliphatic carbocycles. The maximum Gasteiger partial charge on any atom is 0.410 e. The van der Waals surface area contributed by atoms with Crippen molar-refractivity contribution >= 4 is 18.0 Å². The molecular weight excluding hydrogens is 300 g/mol. The zero-order valence-electron chi connectivity index (χ0n) is 13.5. The molecule has 1 aromatic rings. The molecule has 0 heterocycles. The first kappa shape index (κ1) is 18.6. The van der Waals surface area contributed by atoms with Crippen LogP contribution >= 0.6 is 0 Å². The normalized spacial score (nSPS) is 11.7. The van der Waals surface area contributed by atoms with E-state index in [9.17, 15) is 14.4 Å². The van der Waals surface area contributed by atoms with E-state index in [1.54, 1.807) is 13.8 Å². The number of nitrogens with two attached hydrogens (primary N) is 1. The van der Waals surface area contributed by atoms with Gasteiger partial charge in [0.25, 0.3) is 0 Å². The van der Waals surface area contributed by atoms with Crippen LogP contribution in [0, 0.1) is 5.92 Å². The monoisotopic (exact) mass is 322 g/mol. The van der Waals surface area contributed by atoms with Crippen molar-refractivity contribution in [1.29, 1.82) is 0 Å². The standard InChI is InChI=1S/C16H22N2O5/c1-11(2)14(17)15(20)23-13(19)9-18(3)16(21)22-10-12-7-5-4-6-8-12/h4-8,11,14H,9-10,17H2,1-3H3/t14-/m0/s1. The number of carbonyl (C=O) groups excluding carboxylic acids is 3. The van der Waals surface area contributed by atoms with E-state index < -0.39 is 30.6 Å². The molecule has 0 saturated heterocycles. The molecule has 1 aromatic carbocycles. The summed E-state index contributed by atoms with van der Waals surface area (Å²) in [5.74, 6) is -1.81. The molecular formula is C16H22N2O5. The number of amides is 1. The van der Waals surface area contributed by atoms with Crippen LogP contribution in [-0.4, -0.2) is 42.6 Å². The van der Waals surface area contributed by atoms with Crippen LogP contribution < -0.4 is 5.73 Å². The molecule has 1 rings (SSSR count). The van der Waals surface area contributed by atoms with E-state index in [0.717, 1.165) is 10.5 Å². The van der Waals surface area contributed by atoms with Gasteiger partial charge >= 0.3 is 18.0 Å². The van der Waals surface area contributed by atoms with Crippen molar-refractivity contribution in [2.75, 3.05) is 13.6 Å². The lowest BCUT2D eigenvalue weighted by Crippen LogP contribution is -2.40. The molecule has 0 fully saturated rings. The third-order valence-corrected chi connectivity index (χ3v) is 3.09. The topological polar surface area (TPSA) is 98.9 Å². The van der Waals surface area contributed by atoms with Crippen molar-refractivity contribution in [2.45, 2.75) is 26.5 Å². The number of hydrogen-bond donors (Lipinski definition) is 1. The minimum atomic E-state index is -0.880. The fourth-order valence-corrected chi connectivity index (χ4v) is 1.57. The molecule has 0 saturated carbocycles. The van der Waals surface area contributed by atoms with Gasteiger partial charge in [-0.3, -0.25) is 0 Å². The van der Waals surface area contributed by atoms with Crippen LogP contribution in [0.1, 0.15) is 19.4 Å². The zero-order valence-corrected chi connectivity index (χ0v) is 13.5. The van der Waals surface area contributed by atoms with Crippen molar-refractivity contribution < 1.29 is 23.9 Å². The summed E-state index contributed by atoms with van der Waals surface area (Å²) < 4.78 is 9.66. The molecule has 0 radical (unpaired) electrons. The largest absolute Gasteiger partial charge is 0.445 e. The minimum absolute atomic E-state index is 0.0935. The second-order valence-electron chi connectivity index (χ2n) is 5.46. The summed E-state index contributed by atoms with van der Waals surface area (Å²) in [7, 11) is 1.38. The molecule has 0 spiro atoms. The van der Waals surface area contributed by atoms with Gasteiger partial charge in [0.15, 0.2) is 0 Å². The number of benzene rings is 1. The summed E-state index contributed by atoms with van der Waals surface area (Å²) in [6.45, 7) is 3.17. The third kappa shape index (κ3) is 6.48. The quantitative estimate of drug-likeness (QED) is 0.626. The molecule has 1 amide bonds. The summed E-state index contributed by atoms with van der Waals surface area (Å²) in [4.78, 5) is 36.0. The second kappa shape index (κ2) is 8.89. The predicted molar refractivity (Wildman–Crippen MR) is 83.2 cm³/mol. The predicted octanol–water partition coefficient (Wildman–Crippen LogP) is 1.31. The molecule has 7 heteroatoms. The molecule has 0 aliphatic heterocycles. The molecule has 0 unspecified atom stereocenters. The summed E-state index contributed by atoms with van der Waals surface area (Å²) >= 11 is 0. The smallest absolute Gasteiger partial charge is 0.410 e. The lowest BCUT2D eigenvalue weighted by molar-refractivity contribution is -0.161. The van der Waals surface area contributed by atoms with Crippen LogP contribution in [0.4, 0.5) is 4.79 Å². The second-order valence-corrected chi connectivity index (χ2v) is 5.46. The first-order chi connectivity index (χ1) is 10.8. The number of likely N-dealkylation sites (N-methyl/N-ethyl adjacent to an activating group) is 1. The van der Waals surface area contributed by atoms with E-state index >= 15 is 0 Å². The molecule has 7 nitrogen and oxygen atoms in total. The maximum absolute atomic E-state index is 11.8. The number of rotatable bonds is 6. The van der Waals surface area contributed by atoms with Gasteiger partial charge in [-0.05, 0) is 11.5 Å². The highest BCUT2D eigenvalue weighted by Gasteiger charge is 2.23. The minimum Gasteiger partial charge on any atom is -0.445 e. The molecule has 23 heavy (non-hydrogen) atoms. The molecule has 0 aromatic heterocycles. The van der Waals surface area contributed by atoms with Gasteiger partial charge in [0.05, 0.1) is 0 Å². The van der Waals surface area contributed by atoms with E-state index in [1.807, 2.05) is 30.3 Å². The Balaban J connectivity index is 2.39. The van der Waals surface area contributed by atoms with Crippen LogP contribution in [0.15, 0.2) is 30.3 Å². The lowest BCUT2D eigenvalue weighted by atomic mass is 10.1. The average molecular weight is 322 g/mol. The van der Waals surface area contributed by atoms with Crippen LogP contribution in [0.5, 0.6) is 0 Å². The van der Waals surface area contributed by atoms with Crippen LogP contribution in [0.2, 0.25) is 0 Å². The van der Waals surface area contributed by atoms with Crippen LogP contribution in [0.3, 0.4) is 0 Å². The van der Waals surface area contributed by atoms with Gasteiger partial charge < -0.3 is 20.1 Å². The number of nitrogens with zero attached hydrogens (tertiary/aromatic N) is 1. The first-order valence-electron chi connectivity index (χ1n) is 7.23. The van der Waals surface area contributed by atoms with Gasteiger partial charge in [-0.1, -0.05) is 44.2 Å². The molecule has 0 bridgehead atoms. The van der Waals surface area contributed by atoms with Gasteiger partial charge in [-0.15, -0.1) is 0 Å². The van der Waals surface area contributed by atoms with E-state index in [-0.39, 0.29) is 12.5 Å². The van der Waals surface area contributed by atoms with Crippen molar-refractivity contribution in [3.8, 4) is 0 Å². The van der Waals surface area contributed by atoms with Gasteiger partial charge in [0.2, 0.25) is 0 Å². The molecule has 1 atom stereocenters. The van der Waals surface area contributed by atoms with Crippen molar-refractivity contribution in [2.24, 2.45) is 11.7 Å². The van der Waals surface area contributed by atoms with E-state index in [2.05, 4.69) is 4.74 Å². The zero-order chi connectivity index (χ0) is 17.4. The van der Waals surface area contributed by atoms with E-state index in [0.29, 0.717) is 0 Å². The van der Waals surface area contributed by atoms with Crippen molar-refractivity contribution in [3.05, 3.63) is 35.9 Å². The first-order valence-corrected chi connectivity index (χ1v) is 7.23. The number of hydrogen-bond acceptors (Lipinski definition) is 6. The van der Waals surface area contributed by atoms with Gasteiger partial charge in [0.1, 0.15) is 19.2 Å². The lowest BCUT2D eigenvalue weighted by Gasteiger charge is -2.17. The molecule has 126 valence electrons. The molecule has 0 aliphatic rings. The Labute approximate surface area is 135 Å². The summed E-state index contributed by atoms with van der Waals surface area (Å²) in [5.41, 5.74) is 6.41. The number of esters is 2. The van der Waals surface area contributed by atoms with E-state index in [1.165, 1.54) is 7.05 Å². The highest BCUT2D eigenvalue weighted by Crippen LogP contribution is 2.04. The fourth-order valence-electron chi connectivity index (χ4n) is 1.57. The van der Waals surface area contributed by atoms with Crippen molar-refractivity contribution in [1.82, 2.24) is 4.90 Å². The number of ether oxygens (including phenoxy) is 2. The summed E-state index contributed by atoms with van der Waals surface area (Å²) in [6.07, 6.45) is -0.689. The summed E-state index contributed by atoms with van der Waals surface area (Å²) in [5, 5.41) is 0. The van der Waals surface area contributed by atoms with Crippen molar-refractivity contribution in [3.63, 3.8) is 0 Å². The van der Waals surface area contributed by atoms with E-state index in [4.69, 9.17) is 10.5 Å². The summed E-state index contributed by atoms with van der Waals surface area (Å²) in [6, 6.07) is 8.25. The number of carbonyl (C=O) groups is 3. The maximum atomic E-state index is 11.8. The molecule has 2 N–H and O–H groups in total. The van der Waals surface area contributed by atoms with Crippen LogP contribution in [0.25, 0.3) is 0 Å². The Morgan fingerprint density at radius 2 is 1.78 bits per heavy atom. The van der Waals surface area contributed by atoms with Gasteiger partial charge in [0, 0.05) is 7.05 Å². The Bertz CT molecular complexity index is 545. The van der Waals surface area contributed by atoms with Crippen LogP contribution in [-0.2, 0) is 25.7 Å². The fraction of sp³-hybridized carbons (Fsp3) is 0.438. The van der Waals surface area contributed by atoms with Gasteiger partial charge in [-0.2, -0.15) is 0 Å². The highest BCUT2D eigenvalue weighted by molar-refractivity contribution is 5.90. The SMILES string of the molecule is CC(C)[C@H](N)C(=O)OC(=O)CN(C)C(=O)OCc1ccccc1. The Kier molecular flexibility index (Phi) is 7.21. The highest BCUT2D eigenvalue weighted by atomic mass is 16.6. The van der Waals surface area contributed by atoms with Gasteiger partial charge in [-0.25, -0.2) is 14.4 Å².